The fourth-order valence-electron chi connectivity index (χ4n) is 2.22. The molecule has 1 saturated heterocycles. The van der Waals surface area contributed by atoms with Gasteiger partial charge in [-0.2, -0.15) is 11.8 Å². The molecule has 0 saturated carbocycles. The molecule has 3 heteroatoms. The second-order valence-electron chi connectivity index (χ2n) is 4.51. The van der Waals surface area contributed by atoms with Crippen molar-refractivity contribution in [1.82, 2.24) is 10.2 Å². The van der Waals surface area contributed by atoms with Crippen molar-refractivity contribution in [2.75, 3.05) is 38.2 Å². The summed E-state index contributed by atoms with van der Waals surface area (Å²) >= 11 is 2.08. The summed E-state index contributed by atoms with van der Waals surface area (Å²) in [7, 11) is 2.02. The van der Waals surface area contributed by atoms with Gasteiger partial charge in [-0.1, -0.05) is 24.3 Å². The van der Waals surface area contributed by atoms with Crippen LogP contribution in [-0.4, -0.2) is 43.1 Å². The summed E-state index contributed by atoms with van der Waals surface area (Å²) in [6.45, 7) is 4.67. The van der Waals surface area contributed by atoms with Crippen LogP contribution in [0.4, 0.5) is 0 Å². The van der Waals surface area contributed by atoms with Crippen molar-refractivity contribution in [3.63, 3.8) is 0 Å². The Kier molecular flexibility index (Phi) is 5.36. The van der Waals surface area contributed by atoms with Crippen LogP contribution < -0.4 is 5.32 Å². The molecule has 1 aliphatic rings. The topological polar surface area (TPSA) is 15.3 Å². The molecule has 1 heterocycles. The van der Waals surface area contributed by atoms with E-state index in [9.17, 15) is 0 Å². The van der Waals surface area contributed by atoms with Crippen LogP contribution in [0.15, 0.2) is 24.3 Å². The highest BCUT2D eigenvalue weighted by molar-refractivity contribution is 7.99. The maximum atomic E-state index is 3.23. The van der Waals surface area contributed by atoms with Crippen LogP contribution in [0.25, 0.3) is 0 Å². The lowest BCUT2D eigenvalue weighted by atomic mass is 10.0. The molecule has 0 radical (unpaired) electrons. The Balaban J connectivity index is 1.98. The summed E-state index contributed by atoms with van der Waals surface area (Å²) in [5, 5.41) is 3.23. The largest absolute Gasteiger partial charge is 0.319 e. The van der Waals surface area contributed by atoms with E-state index >= 15 is 0 Å². The molecule has 94 valence electrons. The monoisotopic (exact) mass is 250 g/mol. The minimum absolute atomic E-state index is 1.06. The molecular formula is C14H22N2S. The van der Waals surface area contributed by atoms with Crippen LogP contribution in [0.1, 0.15) is 11.1 Å². The summed E-state index contributed by atoms with van der Waals surface area (Å²) in [6, 6.07) is 8.87. The van der Waals surface area contributed by atoms with Crippen molar-refractivity contribution < 1.29 is 0 Å². The molecule has 1 aromatic rings. The zero-order chi connectivity index (χ0) is 11.9. The third-order valence-corrected chi connectivity index (χ3v) is 4.20. The first-order valence-electron chi connectivity index (χ1n) is 6.41. The lowest BCUT2D eigenvalue weighted by molar-refractivity contribution is 0.293. The van der Waals surface area contributed by atoms with E-state index in [1.165, 1.54) is 35.7 Å². The van der Waals surface area contributed by atoms with Gasteiger partial charge in [0.1, 0.15) is 0 Å². The van der Waals surface area contributed by atoms with E-state index in [0.717, 1.165) is 19.5 Å². The smallest absolute Gasteiger partial charge is 0.0237 e. The van der Waals surface area contributed by atoms with Crippen molar-refractivity contribution in [2.24, 2.45) is 0 Å². The standard InChI is InChI=1S/C14H22N2S/c1-15-7-6-13-4-2-3-5-14(13)12-16-8-10-17-11-9-16/h2-5,15H,6-12H2,1H3. The van der Waals surface area contributed by atoms with Gasteiger partial charge in [0, 0.05) is 31.1 Å². The second kappa shape index (κ2) is 7.04. The molecule has 2 nitrogen and oxygen atoms in total. The van der Waals surface area contributed by atoms with Crippen molar-refractivity contribution in [1.29, 1.82) is 0 Å². The SMILES string of the molecule is CNCCc1ccccc1CN1CCSCC1. The van der Waals surface area contributed by atoms with E-state index in [1.807, 2.05) is 7.05 Å². The average Bonchev–Trinajstić information content (AvgIpc) is 2.39. The van der Waals surface area contributed by atoms with Gasteiger partial charge in [0.25, 0.3) is 0 Å². The highest BCUT2D eigenvalue weighted by atomic mass is 32.2. The normalized spacial score (nSPS) is 17.2. The molecule has 1 aliphatic heterocycles. The van der Waals surface area contributed by atoms with Gasteiger partial charge in [-0.15, -0.1) is 0 Å². The molecule has 0 amide bonds. The van der Waals surface area contributed by atoms with Gasteiger partial charge < -0.3 is 5.32 Å². The van der Waals surface area contributed by atoms with E-state index in [-0.39, 0.29) is 0 Å². The summed E-state index contributed by atoms with van der Waals surface area (Å²) in [5.74, 6) is 2.58. The van der Waals surface area contributed by atoms with E-state index in [0.29, 0.717) is 0 Å². The molecule has 17 heavy (non-hydrogen) atoms. The number of benzene rings is 1. The Bertz CT molecular complexity index is 335. The number of hydrogen-bond donors (Lipinski definition) is 1. The van der Waals surface area contributed by atoms with Crippen LogP contribution in [0, 0.1) is 0 Å². The summed E-state index contributed by atoms with van der Waals surface area (Å²) in [4.78, 5) is 2.58. The third-order valence-electron chi connectivity index (χ3n) is 3.26. The number of rotatable bonds is 5. The molecule has 1 aromatic carbocycles. The van der Waals surface area contributed by atoms with Gasteiger partial charge in [-0.05, 0) is 31.1 Å². The molecule has 0 aromatic heterocycles. The van der Waals surface area contributed by atoms with Gasteiger partial charge >= 0.3 is 0 Å². The van der Waals surface area contributed by atoms with Gasteiger partial charge in [-0.25, -0.2) is 0 Å². The zero-order valence-electron chi connectivity index (χ0n) is 10.6. The summed E-state index contributed by atoms with van der Waals surface area (Å²) in [5.41, 5.74) is 3.01. The number of nitrogens with one attached hydrogen (secondary N) is 1. The number of thioether (sulfide) groups is 1. The molecule has 2 rings (SSSR count). The molecular weight excluding hydrogens is 228 g/mol. The molecule has 0 atom stereocenters. The van der Waals surface area contributed by atoms with Crippen molar-refractivity contribution in [3.8, 4) is 0 Å². The lowest BCUT2D eigenvalue weighted by Gasteiger charge is -2.27. The molecule has 0 bridgehead atoms. The van der Waals surface area contributed by atoms with Crippen LogP contribution in [-0.2, 0) is 13.0 Å². The minimum Gasteiger partial charge on any atom is -0.319 e. The van der Waals surface area contributed by atoms with Crippen LogP contribution in [0.2, 0.25) is 0 Å². The molecule has 1 fully saturated rings. The number of hydrogen-bond acceptors (Lipinski definition) is 3. The van der Waals surface area contributed by atoms with E-state index in [1.54, 1.807) is 0 Å². The maximum Gasteiger partial charge on any atom is 0.0237 e. The Morgan fingerprint density at radius 3 is 2.59 bits per heavy atom. The highest BCUT2D eigenvalue weighted by Gasteiger charge is 2.12. The van der Waals surface area contributed by atoms with Gasteiger partial charge in [0.15, 0.2) is 0 Å². The van der Waals surface area contributed by atoms with Gasteiger partial charge in [0.05, 0.1) is 0 Å². The predicted octanol–water partition coefficient (Wildman–Crippen LogP) is 2.00. The van der Waals surface area contributed by atoms with E-state index in [4.69, 9.17) is 0 Å². The van der Waals surface area contributed by atoms with Crippen LogP contribution in [0.3, 0.4) is 0 Å². The van der Waals surface area contributed by atoms with Crippen molar-refractivity contribution in [3.05, 3.63) is 35.4 Å². The van der Waals surface area contributed by atoms with Crippen molar-refractivity contribution >= 4 is 11.8 Å². The third kappa shape index (κ3) is 4.02. The zero-order valence-corrected chi connectivity index (χ0v) is 11.4. The first kappa shape index (κ1) is 12.9. The fourth-order valence-corrected chi connectivity index (χ4v) is 3.19. The molecule has 0 spiro atoms. The Hall–Kier alpha value is -0.510. The molecule has 1 N–H and O–H groups in total. The minimum atomic E-state index is 1.06. The Labute approximate surface area is 109 Å². The summed E-state index contributed by atoms with van der Waals surface area (Å²) in [6.07, 6.45) is 1.13. The predicted molar refractivity (Wildman–Crippen MR) is 76.7 cm³/mol. The first-order chi connectivity index (χ1) is 8.40. The lowest BCUT2D eigenvalue weighted by Crippen LogP contribution is -2.32. The molecule has 0 aliphatic carbocycles. The highest BCUT2D eigenvalue weighted by Crippen LogP contribution is 2.16. The first-order valence-corrected chi connectivity index (χ1v) is 7.57. The Morgan fingerprint density at radius 2 is 1.88 bits per heavy atom. The quantitative estimate of drug-likeness (QED) is 0.860. The van der Waals surface area contributed by atoms with E-state index in [2.05, 4.69) is 46.2 Å². The van der Waals surface area contributed by atoms with Gasteiger partial charge in [0.2, 0.25) is 0 Å². The van der Waals surface area contributed by atoms with Crippen LogP contribution in [0.5, 0.6) is 0 Å². The Morgan fingerprint density at radius 1 is 1.18 bits per heavy atom. The van der Waals surface area contributed by atoms with Crippen LogP contribution >= 0.6 is 11.8 Å². The average molecular weight is 250 g/mol. The second-order valence-corrected chi connectivity index (χ2v) is 5.74. The fraction of sp³-hybridized carbons (Fsp3) is 0.571. The van der Waals surface area contributed by atoms with E-state index < -0.39 is 0 Å². The maximum absolute atomic E-state index is 3.23. The number of likely N-dealkylation sites (N-methyl/N-ethyl adjacent to an activating group) is 1. The van der Waals surface area contributed by atoms with Gasteiger partial charge in [-0.3, -0.25) is 4.90 Å². The number of nitrogens with zero attached hydrogens (tertiary/aromatic N) is 1. The molecule has 0 unspecified atom stereocenters. The van der Waals surface area contributed by atoms with Crippen molar-refractivity contribution in [2.45, 2.75) is 13.0 Å². The summed E-state index contributed by atoms with van der Waals surface area (Å²) < 4.78 is 0.